The van der Waals surface area contributed by atoms with Crippen LogP contribution in [0.25, 0.3) is 0 Å². The molecule has 0 amide bonds. The van der Waals surface area contributed by atoms with E-state index in [1.807, 2.05) is 0 Å². The number of hydrogen-bond donors (Lipinski definition) is 1. The molecule has 1 aromatic rings. The molecule has 1 aromatic carbocycles. The summed E-state index contributed by atoms with van der Waals surface area (Å²) >= 11 is 0. The van der Waals surface area contributed by atoms with Crippen LogP contribution < -0.4 is 10.1 Å². The minimum absolute atomic E-state index is 0.754. The maximum absolute atomic E-state index is 5.19. The smallest absolute Gasteiger partial charge is 0.118 e. The first kappa shape index (κ1) is 12.9. The molecule has 0 radical (unpaired) electrons. The lowest BCUT2D eigenvalue weighted by Crippen LogP contribution is -2.40. The van der Waals surface area contributed by atoms with Gasteiger partial charge in [-0.05, 0) is 49.4 Å². The summed E-state index contributed by atoms with van der Waals surface area (Å²) in [6, 6.07) is 9.23. The van der Waals surface area contributed by atoms with Crippen LogP contribution in [-0.2, 0) is 6.42 Å². The van der Waals surface area contributed by atoms with Crippen molar-refractivity contribution in [3.63, 3.8) is 0 Å². The first-order valence-electron chi connectivity index (χ1n) is 7.44. The number of methoxy groups -OCH3 is 1. The van der Waals surface area contributed by atoms with E-state index in [2.05, 4.69) is 34.5 Å². The zero-order chi connectivity index (χ0) is 13.1. The molecular weight excluding hydrogens is 236 g/mol. The molecule has 104 valence electrons. The van der Waals surface area contributed by atoms with E-state index in [0.717, 1.165) is 24.1 Å². The van der Waals surface area contributed by atoms with Crippen molar-refractivity contribution in [1.29, 1.82) is 0 Å². The molecule has 2 aliphatic heterocycles. The highest BCUT2D eigenvalue weighted by Crippen LogP contribution is 2.25. The molecule has 2 heterocycles. The fraction of sp³-hybridized carbons (Fsp3) is 0.625. The van der Waals surface area contributed by atoms with E-state index in [0.29, 0.717) is 0 Å². The fourth-order valence-electron chi connectivity index (χ4n) is 3.40. The van der Waals surface area contributed by atoms with Gasteiger partial charge in [0.1, 0.15) is 5.75 Å². The van der Waals surface area contributed by atoms with Gasteiger partial charge in [-0.3, -0.25) is 0 Å². The molecule has 1 N–H and O–H groups in total. The molecule has 0 unspecified atom stereocenters. The van der Waals surface area contributed by atoms with Crippen molar-refractivity contribution in [1.82, 2.24) is 10.2 Å². The molecule has 0 bridgehead atoms. The van der Waals surface area contributed by atoms with Crippen LogP contribution in [0.3, 0.4) is 0 Å². The predicted octanol–water partition coefficient (Wildman–Crippen LogP) is 1.92. The Morgan fingerprint density at radius 1 is 1.26 bits per heavy atom. The third-order valence-corrected chi connectivity index (χ3v) is 4.55. The summed E-state index contributed by atoms with van der Waals surface area (Å²) in [6.07, 6.45) is 3.91. The molecule has 3 rings (SSSR count). The molecule has 2 atom stereocenters. The molecule has 0 saturated carbocycles. The van der Waals surface area contributed by atoms with Crippen molar-refractivity contribution >= 4 is 0 Å². The fourth-order valence-corrected chi connectivity index (χ4v) is 3.40. The number of fused-ring (bicyclic) bond motifs is 1. The second-order valence-electron chi connectivity index (χ2n) is 5.82. The van der Waals surface area contributed by atoms with Gasteiger partial charge in [-0.1, -0.05) is 12.1 Å². The van der Waals surface area contributed by atoms with E-state index in [4.69, 9.17) is 4.74 Å². The van der Waals surface area contributed by atoms with Crippen molar-refractivity contribution in [2.45, 2.75) is 25.3 Å². The maximum Gasteiger partial charge on any atom is 0.118 e. The SMILES string of the molecule is COc1ccc(CCN2C[C@@H]3CCCN[C@@H]3C2)cc1. The molecule has 0 aromatic heterocycles. The van der Waals surface area contributed by atoms with Gasteiger partial charge in [-0.15, -0.1) is 0 Å². The van der Waals surface area contributed by atoms with E-state index < -0.39 is 0 Å². The van der Waals surface area contributed by atoms with Crippen LogP contribution in [0.5, 0.6) is 5.75 Å². The molecular formula is C16H24N2O. The monoisotopic (exact) mass is 260 g/mol. The average Bonchev–Trinajstić information content (AvgIpc) is 2.88. The third kappa shape index (κ3) is 3.10. The Kier molecular flexibility index (Phi) is 4.04. The van der Waals surface area contributed by atoms with Gasteiger partial charge in [0.25, 0.3) is 0 Å². The van der Waals surface area contributed by atoms with Gasteiger partial charge in [-0.2, -0.15) is 0 Å². The Labute approximate surface area is 115 Å². The van der Waals surface area contributed by atoms with Gasteiger partial charge >= 0.3 is 0 Å². The van der Waals surface area contributed by atoms with Crippen LogP contribution in [0.1, 0.15) is 18.4 Å². The normalized spacial score (nSPS) is 27.2. The van der Waals surface area contributed by atoms with Gasteiger partial charge in [0.2, 0.25) is 0 Å². The Bertz CT molecular complexity index is 390. The maximum atomic E-state index is 5.19. The number of nitrogens with one attached hydrogen (secondary N) is 1. The number of likely N-dealkylation sites (tertiary alicyclic amines) is 1. The standard InChI is InChI=1S/C16H24N2O/c1-19-15-6-4-13(5-7-15)8-10-18-11-14-3-2-9-17-16(14)12-18/h4-7,14,16-17H,2-3,8-12H2,1H3/t14-,16+/m0/s1. The first-order valence-corrected chi connectivity index (χ1v) is 7.44. The van der Waals surface area contributed by atoms with Gasteiger partial charge < -0.3 is 15.0 Å². The van der Waals surface area contributed by atoms with E-state index in [-0.39, 0.29) is 0 Å². The lowest BCUT2D eigenvalue weighted by molar-refractivity contribution is 0.322. The van der Waals surface area contributed by atoms with Gasteiger partial charge in [0, 0.05) is 25.7 Å². The second kappa shape index (κ2) is 5.93. The summed E-state index contributed by atoms with van der Waals surface area (Å²) in [5.74, 6) is 1.84. The first-order chi connectivity index (χ1) is 9.35. The quantitative estimate of drug-likeness (QED) is 0.895. The summed E-state index contributed by atoms with van der Waals surface area (Å²) in [5, 5.41) is 3.67. The van der Waals surface area contributed by atoms with E-state index in [9.17, 15) is 0 Å². The number of rotatable bonds is 4. The molecule has 2 saturated heterocycles. The minimum atomic E-state index is 0.754. The Morgan fingerprint density at radius 3 is 2.84 bits per heavy atom. The van der Waals surface area contributed by atoms with E-state index in [1.54, 1.807) is 7.11 Å². The van der Waals surface area contributed by atoms with E-state index in [1.165, 1.54) is 44.6 Å². The highest BCUT2D eigenvalue weighted by atomic mass is 16.5. The van der Waals surface area contributed by atoms with Crippen LogP contribution in [0.2, 0.25) is 0 Å². The second-order valence-corrected chi connectivity index (χ2v) is 5.82. The molecule has 3 nitrogen and oxygen atoms in total. The Morgan fingerprint density at radius 2 is 2.11 bits per heavy atom. The van der Waals surface area contributed by atoms with Crippen LogP contribution in [0.15, 0.2) is 24.3 Å². The van der Waals surface area contributed by atoms with Crippen LogP contribution in [0.4, 0.5) is 0 Å². The van der Waals surface area contributed by atoms with Crippen LogP contribution in [-0.4, -0.2) is 44.2 Å². The largest absolute Gasteiger partial charge is 0.497 e. The topological polar surface area (TPSA) is 24.5 Å². The summed E-state index contributed by atoms with van der Waals surface area (Å²) in [7, 11) is 1.72. The summed E-state index contributed by atoms with van der Waals surface area (Å²) in [5.41, 5.74) is 1.41. The lowest BCUT2D eigenvalue weighted by atomic mass is 9.94. The van der Waals surface area contributed by atoms with Crippen molar-refractivity contribution in [2.75, 3.05) is 33.3 Å². The predicted molar refractivity (Wildman–Crippen MR) is 77.7 cm³/mol. The number of nitrogens with zero attached hydrogens (tertiary/aromatic N) is 1. The van der Waals surface area contributed by atoms with Gasteiger partial charge in [0.15, 0.2) is 0 Å². The number of hydrogen-bond acceptors (Lipinski definition) is 3. The highest BCUT2D eigenvalue weighted by molar-refractivity contribution is 5.27. The van der Waals surface area contributed by atoms with Crippen LogP contribution in [0, 0.1) is 5.92 Å². The zero-order valence-corrected chi connectivity index (χ0v) is 11.8. The molecule has 0 aliphatic carbocycles. The lowest BCUT2D eigenvalue weighted by Gasteiger charge is -2.24. The molecule has 0 spiro atoms. The molecule has 19 heavy (non-hydrogen) atoms. The Balaban J connectivity index is 1.49. The number of benzene rings is 1. The third-order valence-electron chi connectivity index (χ3n) is 4.55. The van der Waals surface area contributed by atoms with E-state index >= 15 is 0 Å². The summed E-state index contributed by atoms with van der Waals surface area (Å²) in [6.45, 7) is 4.92. The van der Waals surface area contributed by atoms with Crippen molar-refractivity contribution in [3.05, 3.63) is 29.8 Å². The Hall–Kier alpha value is -1.06. The number of ether oxygens (including phenoxy) is 1. The number of piperidine rings is 1. The highest BCUT2D eigenvalue weighted by Gasteiger charge is 2.33. The van der Waals surface area contributed by atoms with Gasteiger partial charge in [-0.25, -0.2) is 0 Å². The van der Waals surface area contributed by atoms with Crippen molar-refractivity contribution in [3.8, 4) is 5.75 Å². The molecule has 2 aliphatic rings. The van der Waals surface area contributed by atoms with Crippen molar-refractivity contribution < 1.29 is 4.74 Å². The zero-order valence-electron chi connectivity index (χ0n) is 11.8. The molecule has 3 heteroatoms. The van der Waals surface area contributed by atoms with Gasteiger partial charge in [0.05, 0.1) is 7.11 Å². The summed E-state index contributed by atoms with van der Waals surface area (Å²) < 4.78 is 5.19. The molecule has 2 fully saturated rings. The average molecular weight is 260 g/mol. The minimum Gasteiger partial charge on any atom is -0.497 e. The van der Waals surface area contributed by atoms with Crippen molar-refractivity contribution in [2.24, 2.45) is 5.92 Å². The van der Waals surface area contributed by atoms with Crippen LogP contribution >= 0.6 is 0 Å². The summed E-state index contributed by atoms with van der Waals surface area (Å²) in [4.78, 5) is 2.62.